The standard InChI is InChI=1S/C24H25FN2O4/c25-20-5-1-3-18(11-20)12-22-13-26-24(31-22)19-4-2-10-27(15-19)14-17-6-8-21(9-7-17)30-16-23(28)29/h1,3,5-9,11,13,19H,2,4,10,12,14-16H2,(H,28,29). The first-order valence-electron chi connectivity index (χ1n) is 10.4. The predicted octanol–water partition coefficient (Wildman–Crippen LogP) is 4.25. The van der Waals surface area contributed by atoms with Gasteiger partial charge >= 0.3 is 5.97 Å². The number of nitrogens with zero attached hydrogens (tertiary/aromatic N) is 2. The predicted molar refractivity (Wildman–Crippen MR) is 113 cm³/mol. The molecular weight excluding hydrogens is 399 g/mol. The Kier molecular flexibility index (Phi) is 6.62. The number of aliphatic carboxylic acids is 1. The molecule has 1 unspecified atom stereocenters. The van der Waals surface area contributed by atoms with Crippen molar-refractivity contribution in [2.24, 2.45) is 0 Å². The molecule has 31 heavy (non-hydrogen) atoms. The van der Waals surface area contributed by atoms with Crippen LogP contribution >= 0.6 is 0 Å². The van der Waals surface area contributed by atoms with Crippen LogP contribution in [0.1, 0.15) is 41.5 Å². The van der Waals surface area contributed by atoms with Crippen LogP contribution < -0.4 is 4.74 Å². The molecule has 1 aromatic heterocycles. The second-order valence-electron chi connectivity index (χ2n) is 7.87. The molecule has 1 aliphatic heterocycles. The molecule has 1 fully saturated rings. The lowest BCUT2D eigenvalue weighted by Crippen LogP contribution is -2.34. The summed E-state index contributed by atoms with van der Waals surface area (Å²) >= 11 is 0. The van der Waals surface area contributed by atoms with Crippen LogP contribution in [-0.4, -0.2) is 40.7 Å². The SMILES string of the molecule is O=C(O)COc1ccc(CN2CCCC(c3ncc(Cc4cccc(F)c4)o3)C2)cc1. The van der Waals surface area contributed by atoms with Crippen molar-refractivity contribution in [3.8, 4) is 5.75 Å². The highest BCUT2D eigenvalue weighted by Crippen LogP contribution is 2.28. The van der Waals surface area contributed by atoms with Crippen LogP contribution in [0.3, 0.4) is 0 Å². The van der Waals surface area contributed by atoms with Crippen molar-refractivity contribution in [1.29, 1.82) is 0 Å². The molecule has 1 atom stereocenters. The van der Waals surface area contributed by atoms with Gasteiger partial charge in [-0.3, -0.25) is 4.90 Å². The summed E-state index contributed by atoms with van der Waals surface area (Å²) in [6.45, 7) is 2.32. The number of hydrogen-bond acceptors (Lipinski definition) is 5. The zero-order valence-corrected chi connectivity index (χ0v) is 17.2. The molecule has 0 spiro atoms. The fourth-order valence-corrected chi connectivity index (χ4v) is 3.94. The Morgan fingerprint density at radius 3 is 2.84 bits per heavy atom. The lowest BCUT2D eigenvalue weighted by Gasteiger charge is -2.31. The van der Waals surface area contributed by atoms with Crippen LogP contribution in [0.25, 0.3) is 0 Å². The highest BCUT2D eigenvalue weighted by molar-refractivity contribution is 5.68. The summed E-state index contributed by atoms with van der Waals surface area (Å²) in [5, 5.41) is 8.69. The van der Waals surface area contributed by atoms with Gasteiger partial charge in [0.05, 0.1) is 6.20 Å². The zero-order chi connectivity index (χ0) is 21.6. The van der Waals surface area contributed by atoms with E-state index in [-0.39, 0.29) is 18.3 Å². The third-order valence-electron chi connectivity index (χ3n) is 5.39. The zero-order valence-electron chi connectivity index (χ0n) is 17.2. The van der Waals surface area contributed by atoms with Gasteiger partial charge in [0.2, 0.25) is 0 Å². The van der Waals surface area contributed by atoms with Gasteiger partial charge in [-0.25, -0.2) is 14.2 Å². The summed E-state index contributed by atoms with van der Waals surface area (Å²) in [5.74, 6) is 1.03. The topological polar surface area (TPSA) is 75.8 Å². The van der Waals surface area contributed by atoms with Gasteiger partial charge in [-0.05, 0) is 54.8 Å². The first-order chi connectivity index (χ1) is 15.0. The number of hydrogen-bond donors (Lipinski definition) is 1. The Hall–Kier alpha value is -3.19. The number of likely N-dealkylation sites (tertiary alicyclic amines) is 1. The van der Waals surface area contributed by atoms with Crippen molar-refractivity contribution in [3.63, 3.8) is 0 Å². The minimum Gasteiger partial charge on any atom is -0.482 e. The van der Waals surface area contributed by atoms with Crippen LogP contribution in [0, 0.1) is 5.82 Å². The van der Waals surface area contributed by atoms with Gasteiger partial charge in [0, 0.05) is 25.4 Å². The van der Waals surface area contributed by atoms with Crippen molar-refractivity contribution in [3.05, 3.63) is 83.3 Å². The second kappa shape index (κ2) is 9.75. The molecule has 6 nitrogen and oxygen atoms in total. The van der Waals surface area contributed by atoms with Crippen LogP contribution in [0.15, 0.2) is 59.1 Å². The molecule has 2 aromatic carbocycles. The fraction of sp³-hybridized carbons (Fsp3) is 0.333. The average Bonchev–Trinajstić information content (AvgIpc) is 3.22. The molecule has 3 aromatic rings. The van der Waals surface area contributed by atoms with E-state index in [9.17, 15) is 9.18 Å². The van der Waals surface area contributed by atoms with E-state index in [4.69, 9.17) is 14.3 Å². The van der Waals surface area contributed by atoms with Crippen molar-refractivity contribution in [2.45, 2.75) is 31.7 Å². The Bertz CT molecular complexity index is 1020. The van der Waals surface area contributed by atoms with Gasteiger partial charge < -0.3 is 14.3 Å². The normalized spacial score (nSPS) is 16.9. The van der Waals surface area contributed by atoms with Crippen LogP contribution in [0.5, 0.6) is 5.75 Å². The van der Waals surface area contributed by atoms with E-state index in [0.717, 1.165) is 55.3 Å². The van der Waals surface area contributed by atoms with Gasteiger partial charge in [0.25, 0.3) is 0 Å². The fourth-order valence-electron chi connectivity index (χ4n) is 3.94. The maximum absolute atomic E-state index is 13.4. The quantitative estimate of drug-likeness (QED) is 0.583. The number of piperidine rings is 1. The number of carboxylic acids is 1. The van der Waals surface area contributed by atoms with Gasteiger partial charge in [-0.2, -0.15) is 0 Å². The highest BCUT2D eigenvalue weighted by Gasteiger charge is 2.25. The average molecular weight is 424 g/mol. The first kappa shape index (κ1) is 21.1. The molecule has 0 bridgehead atoms. The minimum atomic E-state index is -0.992. The maximum Gasteiger partial charge on any atom is 0.341 e. The summed E-state index contributed by atoms with van der Waals surface area (Å²) in [6.07, 6.45) is 4.36. The summed E-state index contributed by atoms with van der Waals surface area (Å²) in [6, 6.07) is 14.0. The lowest BCUT2D eigenvalue weighted by molar-refractivity contribution is -0.139. The molecule has 0 saturated carbocycles. The van der Waals surface area contributed by atoms with Crippen LogP contribution in [0.2, 0.25) is 0 Å². The van der Waals surface area contributed by atoms with Gasteiger partial charge in [0.1, 0.15) is 17.3 Å². The molecule has 0 aliphatic carbocycles. The monoisotopic (exact) mass is 424 g/mol. The number of oxazole rings is 1. The molecule has 1 N–H and O–H groups in total. The van der Waals surface area contributed by atoms with Crippen LogP contribution in [0.4, 0.5) is 4.39 Å². The number of aromatic nitrogens is 1. The second-order valence-corrected chi connectivity index (χ2v) is 7.87. The molecule has 0 amide bonds. The summed E-state index contributed by atoms with van der Waals surface area (Å²) in [7, 11) is 0. The molecule has 2 heterocycles. The first-order valence-corrected chi connectivity index (χ1v) is 10.4. The van der Waals surface area contributed by atoms with E-state index < -0.39 is 5.97 Å². The maximum atomic E-state index is 13.4. The van der Waals surface area contributed by atoms with Crippen molar-refractivity contribution >= 4 is 5.97 Å². The number of rotatable bonds is 8. The number of carbonyl (C=O) groups is 1. The Morgan fingerprint density at radius 1 is 1.23 bits per heavy atom. The molecular formula is C24H25FN2O4. The van der Waals surface area contributed by atoms with Crippen molar-refractivity contribution < 1.29 is 23.4 Å². The number of halogens is 1. The molecule has 0 radical (unpaired) electrons. The molecule has 162 valence electrons. The van der Waals surface area contributed by atoms with Gasteiger partial charge in [-0.1, -0.05) is 24.3 Å². The van der Waals surface area contributed by atoms with Crippen LogP contribution in [-0.2, 0) is 17.8 Å². The third kappa shape index (κ3) is 5.92. The Labute approximate surface area is 180 Å². The van der Waals surface area contributed by atoms with E-state index in [1.165, 1.54) is 12.1 Å². The molecule has 1 saturated heterocycles. The Balaban J connectivity index is 1.33. The lowest BCUT2D eigenvalue weighted by atomic mass is 9.97. The smallest absolute Gasteiger partial charge is 0.341 e. The van der Waals surface area contributed by atoms with E-state index in [1.807, 2.05) is 18.2 Å². The van der Waals surface area contributed by atoms with E-state index in [2.05, 4.69) is 9.88 Å². The summed E-state index contributed by atoms with van der Waals surface area (Å²) in [5.41, 5.74) is 2.01. The van der Waals surface area contributed by atoms with Crippen molar-refractivity contribution in [2.75, 3.05) is 19.7 Å². The number of ether oxygens (including phenoxy) is 1. The third-order valence-corrected chi connectivity index (χ3v) is 5.39. The molecule has 7 heteroatoms. The molecule has 4 rings (SSSR count). The highest BCUT2D eigenvalue weighted by atomic mass is 19.1. The number of benzene rings is 2. The van der Waals surface area contributed by atoms with Gasteiger partial charge in [-0.15, -0.1) is 0 Å². The van der Waals surface area contributed by atoms with E-state index >= 15 is 0 Å². The minimum absolute atomic E-state index is 0.230. The molecule has 1 aliphatic rings. The summed E-state index contributed by atoms with van der Waals surface area (Å²) < 4.78 is 24.6. The van der Waals surface area contributed by atoms with E-state index in [0.29, 0.717) is 12.2 Å². The Morgan fingerprint density at radius 2 is 2.06 bits per heavy atom. The largest absolute Gasteiger partial charge is 0.482 e. The number of carboxylic acid groups (broad SMARTS) is 1. The van der Waals surface area contributed by atoms with E-state index in [1.54, 1.807) is 24.4 Å². The van der Waals surface area contributed by atoms with Gasteiger partial charge in [0.15, 0.2) is 12.5 Å². The summed E-state index contributed by atoms with van der Waals surface area (Å²) in [4.78, 5) is 17.5. The van der Waals surface area contributed by atoms with Crippen molar-refractivity contribution in [1.82, 2.24) is 9.88 Å².